The molecule has 0 aromatic carbocycles. The third-order valence-electron chi connectivity index (χ3n) is 2.24. The van der Waals surface area contributed by atoms with Crippen LogP contribution in [0.3, 0.4) is 0 Å². The maximum atomic E-state index is 11.8. The molecule has 0 saturated carbocycles. The van der Waals surface area contributed by atoms with Crippen LogP contribution in [0.15, 0.2) is 18.3 Å². The number of aromatic nitrogens is 1. The van der Waals surface area contributed by atoms with E-state index in [2.05, 4.69) is 10.1 Å². The molecule has 0 amide bonds. The second kappa shape index (κ2) is 7.00. The number of halogens is 1. The molecule has 0 saturated heterocycles. The average molecular weight is 228 g/mol. The molecule has 1 aromatic rings. The smallest absolute Gasteiger partial charge is 0.325 e. The molecule has 0 spiro atoms. The number of rotatable bonds is 7. The predicted molar refractivity (Wildman–Crippen MR) is 58.7 cm³/mol. The van der Waals surface area contributed by atoms with Crippen LogP contribution in [0, 0.1) is 0 Å². The van der Waals surface area contributed by atoms with Gasteiger partial charge in [0.2, 0.25) is 0 Å². The highest BCUT2D eigenvalue weighted by Gasteiger charge is 2.05. The van der Waals surface area contributed by atoms with Gasteiger partial charge in [-0.05, 0) is 25.1 Å². The highest BCUT2D eigenvalue weighted by Crippen LogP contribution is 2.02. The van der Waals surface area contributed by atoms with Gasteiger partial charge in [-0.1, -0.05) is 0 Å². The lowest BCUT2D eigenvalue weighted by atomic mass is 10.4. The summed E-state index contributed by atoms with van der Waals surface area (Å²) >= 11 is 0. The Balaban J connectivity index is 2.41. The maximum Gasteiger partial charge on any atom is 0.325 e. The summed E-state index contributed by atoms with van der Waals surface area (Å²) in [7, 11) is 1.37. The molecule has 0 unspecified atom stereocenters. The number of carbonyl (C=O) groups is 1. The molecular weight excluding hydrogens is 211 g/mol. The fourth-order valence-corrected chi connectivity index (χ4v) is 1.38. The Bertz CT molecular complexity index is 326. The zero-order valence-electron chi connectivity index (χ0n) is 9.41. The first kappa shape index (κ1) is 12.7. The van der Waals surface area contributed by atoms with Crippen molar-refractivity contribution in [1.29, 1.82) is 0 Å². The van der Waals surface area contributed by atoms with E-state index in [9.17, 15) is 9.18 Å². The van der Waals surface area contributed by atoms with Crippen molar-refractivity contribution in [3.63, 3.8) is 0 Å². The summed E-state index contributed by atoms with van der Waals surface area (Å²) < 4.78 is 18.3. The minimum Gasteiger partial charge on any atom is -0.468 e. The minimum absolute atomic E-state index is 0.212. The van der Waals surface area contributed by atoms with E-state index in [4.69, 9.17) is 0 Å². The van der Waals surface area contributed by atoms with Crippen molar-refractivity contribution >= 4 is 5.97 Å². The van der Waals surface area contributed by atoms with E-state index in [1.54, 1.807) is 0 Å². The Morgan fingerprint density at radius 1 is 1.62 bits per heavy atom. The van der Waals surface area contributed by atoms with Gasteiger partial charge in [-0.2, -0.15) is 0 Å². The molecule has 0 fully saturated rings. The average Bonchev–Trinajstić information content (AvgIpc) is 2.72. The standard InChI is InChI=1S/C11H17FN2O2/c1-16-11(15)9-14-7-2-4-10(14)8-13-6-3-5-12/h2,4,7,13H,3,5-6,8-9H2,1H3. The number of methoxy groups -OCH3 is 1. The number of hydrogen-bond donors (Lipinski definition) is 1. The van der Waals surface area contributed by atoms with Gasteiger partial charge in [-0.15, -0.1) is 0 Å². The van der Waals surface area contributed by atoms with Crippen LogP contribution in [0.1, 0.15) is 12.1 Å². The fraction of sp³-hybridized carbons (Fsp3) is 0.545. The number of alkyl halides is 1. The topological polar surface area (TPSA) is 43.3 Å². The van der Waals surface area contributed by atoms with Crippen LogP contribution in [0.4, 0.5) is 4.39 Å². The van der Waals surface area contributed by atoms with Crippen LogP contribution in [0.5, 0.6) is 0 Å². The summed E-state index contributed by atoms with van der Waals surface area (Å²) in [6, 6.07) is 3.79. The highest BCUT2D eigenvalue weighted by molar-refractivity contribution is 5.69. The van der Waals surface area contributed by atoms with E-state index in [1.165, 1.54) is 7.11 Å². The first-order valence-electron chi connectivity index (χ1n) is 5.25. The van der Waals surface area contributed by atoms with Crippen LogP contribution >= 0.6 is 0 Å². The van der Waals surface area contributed by atoms with E-state index in [1.807, 2.05) is 22.9 Å². The third-order valence-corrected chi connectivity index (χ3v) is 2.24. The summed E-state index contributed by atoms with van der Waals surface area (Å²) in [5, 5.41) is 3.11. The Kier molecular flexibility index (Phi) is 5.56. The zero-order valence-corrected chi connectivity index (χ0v) is 9.41. The molecule has 1 heterocycles. The van der Waals surface area contributed by atoms with Gasteiger partial charge in [-0.3, -0.25) is 9.18 Å². The molecule has 0 atom stereocenters. The van der Waals surface area contributed by atoms with Crippen LogP contribution in [-0.2, 0) is 22.6 Å². The van der Waals surface area contributed by atoms with Crippen molar-refractivity contribution in [2.75, 3.05) is 20.3 Å². The van der Waals surface area contributed by atoms with Crippen LogP contribution < -0.4 is 5.32 Å². The van der Waals surface area contributed by atoms with Crippen molar-refractivity contribution in [2.45, 2.75) is 19.5 Å². The SMILES string of the molecule is COC(=O)Cn1cccc1CNCCCF. The number of ether oxygens (including phenoxy) is 1. The number of nitrogens with one attached hydrogen (secondary N) is 1. The van der Waals surface area contributed by atoms with E-state index in [-0.39, 0.29) is 19.2 Å². The molecule has 4 nitrogen and oxygen atoms in total. The van der Waals surface area contributed by atoms with Crippen molar-refractivity contribution < 1.29 is 13.9 Å². The van der Waals surface area contributed by atoms with Crippen molar-refractivity contribution in [3.8, 4) is 0 Å². The molecule has 0 aliphatic rings. The molecule has 0 aliphatic carbocycles. The summed E-state index contributed by atoms with van der Waals surface area (Å²) in [5.41, 5.74) is 0.990. The number of carbonyl (C=O) groups excluding carboxylic acids is 1. The molecule has 0 aliphatic heterocycles. The molecular formula is C11H17FN2O2. The van der Waals surface area contributed by atoms with E-state index in [0.29, 0.717) is 19.5 Å². The quantitative estimate of drug-likeness (QED) is 0.561. The molecule has 5 heteroatoms. The second-order valence-electron chi connectivity index (χ2n) is 3.42. The molecule has 0 radical (unpaired) electrons. The van der Waals surface area contributed by atoms with Crippen molar-refractivity contribution in [3.05, 3.63) is 24.0 Å². The normalized spacial score (nSPS) is 10.4. The number of nitrogens with zero attached hydrogens (tertiary/aromatic N) is 1. The first-order chi connectivity index (χ1) is 7.77. The molecule has 0 bridgehead atoms. The van der Waals surface area contributed by atoms with Gasteiger partial charge in [0.15, 0.2) is 0 Å². The molecule has 90 valence electrons. The first-order valence-corrected chi connectivity index (χ1v) is 5.25. The second-order valence-corrected chi connectivity index (χ2v) is 3.42. The summed E-state index contributed by atoms with van der Waals surface area (Å²) in [4.78, 5) is 11.1. The molecule has 1 N–H and O–H groups in total. The Morgan fingerprint density at radius 3 is 3.12 bits per heavy atom. The predicted octanol–water partition coefficient (Wildman–Crippen LogP) is 1.11. The highest BCUT2D eigenvalue weighted by atomic mass is 19.1. The van der Waals surface area contributed by atoms with Gasteiger partial charge < -0.3 is 14.6 Å². The molecule has 16 heavy (non-hydrogen) atoms. The molecule has 1 rings (SSSR count). The van der Waals surface area contributed by atoms with Crippen LogP contribution in [0.25, 0.3) is 0 Å². The fourth-order valence-electron chi connectivity index (χ4n) is 1.38. The van der Waals surface area contributed by atoms with Gasteiger partial charge in [0, 0.05) is 18.4 Å². The van der Waals surface area contributed by atoms with Gasteiger partial charge in [-0.25, -0.2) is 0 Å². The minimum atomic E-state index is -0.309. The lowest BCUT2D eigenvalue weighted by Crippen LogP contribution is -2.19. The molecule has 1 aromatic heterocycles. The maximum absolute atomic E-state index is 11.8. The summed E-state index contributed by atoms with van der Waals surface area (Å²) in [6.07, 6.45) is 2.33. The van der Waals surface area contributed by atoms with E-state index in [0.717, 1.165) is 5.69 Å². The van der Waals surface area contributed by atoms with Crippen LogP contribution in [-0.4, -0.2) is 30.9 Å². The summed E-state index contributed by atoms with van der Waals surface area (Å²) in [6.45, 7) is 1.17. The van der Waals surface area contributed by atoms with Gasteiger partial charge in [0.1, 0.15) is 6.54 Å². The van der Waals surface area contributed by atoms with E-state index < -0.39 is 0 Å². The monoisotopic (exact) mass is 228 g/mol. The van der Waals surface area contributed by atoms with Gasteiger partial charge in [0.05, 0.1) is 13.8 Å². The van der Waals surface area contributed by atoms with Crippen molar-refractivity contribution in [2.24, 2.45) is 0 Å². The van der Waals surface area contributed by atoms with Crippen molar-refractivity contribution in [1.82, 2.24) is 9.88 Å². The third kappa shape index (κ3) is 4.02. The van der Waals surface area contributed by atoms with Crippen LogP contribution in [0.2, 0.25) is 0 Å². The Labute approximate surface area is 94.4 Å². The Morgan fingerprint density at radius 2 is 2.44 bits per heavy atom. The largest absolute Gasteiger partial charge is 0.468 e. The summed E-state index contributed by atoms with van der Waals surface area (Å²) in [5.74, 6) is -0.277. The van der Waals surface area contributed by atoms with Gasteiger partial charge in [0.25, 0.3) is 0 Å². The zero-order chi connectivity index (χ0) is 11.8. The lowest BCUT2D eigenvalue weighted by molar-refractivity contribution is -0.141. The lowest BCUT2D eigenvalue weighted by Gasteiger charge is -2.08. The van der Waals surface area contributed by atoms with Gasteiger partial charge >= 0.3 is 5.97 Å². The number of hydrogen-bond acceptors (Lipinski definition) is 3. The van der Waals surface area contributed by atoms with E-state index >= 15 is 0 Å². The number of esters is 1. The Hall–Kier alpha value is -1.36.